The number of benzene rings is 1. The molecule has 0 bridgehead atoms. The van der Waals surface area contributed by atoms with E-state index < -0.39 is 13.9 Å². The van der Waals surface area contributed by atoms with Crippen molar-refractivity contribution in [2.75, 3.05) is 7.11 Å². The fourth-order valence-electron chi connectivity index (χ4n) is 1.68. The summed E-state index contributed by atoms with van der Waals surface area (Å²) >= 11 is 0. The molecule has 0 aromatic heterocycles. The Morgan fingerprint density at radius 3 is 2.41 bits per heavy atom. The molecule has 0 unspecified atom stereocenters. The maximum absolute atomic E-state index is 9.37. The van der Waals surface area contributed by atoms with Crippen LogP contribution in [0.5, 0.6) is 5.75 Å². The van der Waals surface area contributed by atoms with Crippen LogP contribution in [0.1, 0.15) is 12.5 Å². The van der Waals surface area contributed by atoms with Crippen molar-refractivity contribution >= 4 is 8.32 Å². The van der Waals surface area contributed by atoms with Crippen molar-refractivity contribution < 1.29 is 9.16 Å². The average Bonchev–Trinajstić information content (AvgIpc) is 2.27. The van der Waals surface area contributed by atoms with Gasteiger partial charge in [-0.25, -0.2) is 0 Å². The first-order valence-corrected chi connectivity index (χ1v) is 8.97. The number of hydrogen-bond acceptors (Lipinski definition) is 3. The van der Waals surface area contributed by atoms with E-state index in [1.54, 1.807) is 14.0 Å². The maximum Gasteiger partial charge on any atom is 0.186 e. The zero-order chi connectivity index (χ0) is 13.1. The molecule has 0 fully saturated rings. The minimum atomic E-state index is -1.79. The highest BCUT2D eigenvalue weighted by molar-refractivity contribution is 6.69. The second-order valence-corrected chi connectivity index (χ2v) is 9.52. The molecule has 1 aromatic rings. The summed E-state index contributed by atoms with van der Waals surface area (Å²) in [6.07, 6.45) is 0. The van der Waals surface area contributed by atoms with Gasteiger partial charge in [0.15, 0.2) is 13.9 Å². The molecule has 0 aliphatic rings. The molecule has 0 aliphatic carbocycles. The van der Waals surface area contributed by atoms with Crippen molar-refractivity contribution in [1.29, 1.82) is 5.26 Å². The summed E-state index contributed by atoms with van der Waals surface area (Å²) in [6.45, 7) is 8.02. The smallest absolute Gasteiger partial charge is 0.186 e. The first-order valence-electron chi connectivity index (χ1n) is 5.57. The van der Waals surface area contributed by atoms with Crippen LogP contribution in [0.25, 0.3) is 0 Å². The largest absolute Gasteiger partial charge is 0.497 e. The van der Waals surface area contributed by atoms with Crippen LogP contribution in [0, 0.1) is 11.3 Å². The molecule has 0 saturated heterocycles. The van der Waals surface area contributed by atoms with Crippen LogP contribution < -0.4 is 4.74 Å². The number of ether oxygens (including phenoxy) is 1. The van der Waals surface area contributed by atoms with E-state index in [-0.39, 0.29) is 0 Å². The molecule has 0 N–H and O–H groups in total. The third-order valence-electron chi connectivity index (χ3n) is 2.34. The standard InChI is InChI=1S/C13H19NO2Si/c1-13(10-14,16-17(3,4)5)11-7-6-8-12(9-11)15-2/h6-9H,1-5H3/t13-/m1/s1. The van der Waals surface area contributed by atoms with Crippen molar-refractivity contribution in [1.82, 2.24) is 0 Å². The van der Waals surface area contributed by atoms with E-state index in [4.69, 9.17) is 9.16 Å². The van der Waals surface area contributed by atoms with Crippen molar-refractivity contribution in [2.45, 2.75) is 32.2 Å². The van der Waals surface area contributed by atoms with Gasteiger partial charge in [-0.05, 0) is 38.7 Å². The average molecular weight is 249 g/mol. The molecule has 3 nitrogen and oxygen atoms in total. The fraction of sp³-hybridized carbons (Fsp3) is 0.462. The Labute approximate surface area is 104 Å². The van der Waals surface area contributed by atoms with Crippen LogP contribution in [-0.4, -0.2) is 15.4 Å². The Kier molecular flexibility index (Phi) is 3.97. The summed E-state index contributed by atoms with van der Waals surface area (Å²) < 4.78 is 11.2. The molecule has 17 heavy (non-hydrogen) atoms. The Morgan fingerprint density at radius 1 is 1.29 bits per heavy atom. The second kappa shape index (κ2) is 4.90. The predicted octanol–water partition coefficient (Wildman–Crippen LogP) is 3.29. The van der Waals surface area contributed by atoms with Gasteiger partial charge >= 0.3 is 0 Å². The van der Waals surface area contributed by atoms with Crippen LogP contribution in [-0.2, 0) is 10.0 Å². The summed E-state index contributed by atoms with van der Waals surface area (Å²) in [5.74, 6) is 0.739. The third kappa shape index (κ3) is 3.58. The van der Waals surface area contributed by atoms with Gasteiger partial charge in [0.2, 0.25) is 0 Å². The molecule has 1 aromatic carbocycles. The molecule has 0 heterocycles. The van der Waals surface area contributed by atoms with Crippen molar-refractivity contribution in [3.63, 3.8) is 0 Å². The van der Waals surface area contributed by atoms with Gasteiger partial charge in [-0.15, -0.1) is 0 Å². The second-order valence-electron chi connectivity index (χ2n) is 5.09. The normalized spacial score (nSPS) is 14.8. The maximum atomic E-state index is 9.37. The van der Waals surface area contributed by atoms with Gasteiger partial charge in [-0.2, -0.15) is 5.26 Å². The van der Waals surface area contributed by atoms with E-state index in [0.717, 1.165) is 11.3 Å². The Hall–Kier alpha value is -1.31. The van der Waals surface area contributed by atoms with E-state index in [1.165, 1.54) is 0 Å². The van der Waals surface area contributed by atoms with Gasteiger partial charge in [-0.1, -0.05) is 12.1 Å². The highest BCUT2D eigenvalue weighted by Crippen LogP contribution is 2.30. The lowest BCUT2D eigenvalue weighted by atomic mass is 9.98. The zero-order valence-electron chi connectivity index (χ0n) is 11.1. The number of methoxy groups -OCH3 is 1. The lowest BCUT2D eigenvalue weighted by molar-refractivity contribution is 0.140. The van der Waals surface area contributed by atoms with E-state index >= 15 is 0 Å². The number of nitriles is 1. The van der Waals surface area contributed by atoms with E-state index in [1.807, 2.05) is 24.3 Å². The lowest BCUT2D eigenvalue weighted by Gasteiger charge is -2.31. The SMILES string of the molecule is COc1cccc([C@@](C)(C#N)O[Si](C)(C)C)c1. The molecule has 4 heteroatoms. The number of rotatable bonds is 4. The molecule has 1 rings (SSSR count). The van der Waals surface area contributed by atoms with Gasteiger partial charge in [0.05, 0.1) is 7.11 Å². The van der Waals surface area contributed by atoms with Crippen LogP contribution in [0.15, 0.2) is 24.3 Å². The van der Waals surface area contributed by atoms with Crippen molar-refractivity contribution in [3.8, 4) is 11.8 Å². The third-order valence-corrected chi connectivity index (χ3v) is 3.36. The topological polar surface area (TPSA) is 42.2 Å². The minimum Gasteiger partial charge on any atom is -0.497 e. The predicted molar refractivity (Wildman–Crippen MR) is 70.4 cm³/mol. The highest BCUT2D eigenvalue weighted by Gasteiger charge is 2.33. The number of nitrogens with zero attached hydrogens (tertiary/aromatic N) is 1. The lowest BCUT2D eigenvalue weighted by Crippen LogP contribution is -2.37. The van der Waals surface area contributed by atoms with E-state index in [9.17, 15) is 5.26 Å². The summed E-state index contributed by atoms with van der Waals surface area (Å²) in [7, 11) is -0.174. The molecule has 0 radical (unpaired) electrons. The molecule has 0 amide bonds. The molecule has 92 valence electrons. The van der Waals surface area contributed by atoms with Crippen molar-refractivity contribution in [3.05, 3.63) is 29.8 Å². The first-order chi connectivity index (χ1) is 7.80. The van der Waals surface area contributed by atoms with Gasteiger partial charge in [-0.3, -0.25) is 0 Å². The summed E-state index contributed by atoms with van der Waals surface area (Å²) in [5.41, 5.74) is -0.0688. The van der Waals surface area contributed by atoms with Crippen LogP contribution in [0.4, 0.5) is 0 Å². The monoisotopic (exact) mass is 249 g/mol. The Bertz CT molecular complexity index is 434. The molecule has 0 spiro atoms. The van der Waals surface area contributed by atoms with Crippen molar-refractivity contribution in [2.24, 2.45) is 0 Å². The molecule has 0 aliphatic heterocycles. The van der Waals surface area contributed by atoms with Crippen LogP contribution in [0.2, 0.25) is 19.6 Å². The summed E-state index contributed by atoms with van der Waals surface area (Å²) in [5, 5.41) is 9.37. The molecule has 1 atom stereocenters. The molecular formula is C13H19NO2Si. The van der Waals surface area contributed by atoms with Gasteiger partial charge in [0.25, 0.3) is 0 Å². The Balaban J connectivity index is 3.12. The number of hydrogen-bond donors (Lipinski definition) is 0. The quantitative estimate of drug-likeness (QED) is 0.769. The molecule has 0 saturated carbocycles. The van der Waals surface area contributed by atoms with Crippen LogP contribution >= 0.6 is 0 Å². The van der Waals surface area contributed by atoms with E-state index in [2.05, 4.69) is 25.7 Å². The van der Waals surface area contributed by atoms with Gasteiger partial charge < -0.3 is 9.16 Å². The highest BCUT2D eigenvalue weighted by atomic mass is 28.4. The van der Waals surface area contributed by atoms with Gasteiger partial charge in [0, 0.05) is 5.56 Å². The fourth-order valence-corrected chi connectivity index (χ4v) is 3.07. The zero-order valence-corrected chi connectivity index (χ0v) is 12.1. The Morgan fingerprint density at radius 2 is 1.94 bits per heavy atom. The minimum absolute atomic E-state index is 0.739. The summed E-state index contributed by atoms with van der Waals surface area (Å²) in [4.78, 5) is 0. The first kappa shape index (κ1) is 13.8. The van der Waals surface area contributed by atoms with Gasteiger partial charge in [0.1, 0.15) is 11.8 Å². The van der Waals surface area contributed by atoms with Crippen LogP contribution in [0.3, 0.4) is 0 Å². The summed E-state index contributed by atoms with van der Waals surface area (Å²) in [6, 6.07) is 9.73. The van der Waals surface area contributed by atoms with E-state index in [0.29, 0.717) is 0 Å². The molecular weight excluding hydrogens is 230 g/mol.